The van der Waals surface area contributed by atoms with Crippen LogP contribution in [0.4, 0.5) is 10.5 Å². The molecule has 0 bridgehead atoms. The van der Waals surface area contributed by atoms with Crippen molar-refractivity contribution in [2.24, 2.45) is 5.73 Å². The fourth-order valence-electron chi connectivity index (χ4n) is 1.42. The Hall–Kier alpha value is -1.82. The Bertz CT molecular complexity index is 423. The van der Waals surface area contributed by atoms with Crippen LogP contribution in [0.5, 0.6) is 0 Å². The van der Waals surface area contributed by atoms with Crippen LogP contribution in [0.1, 0.15) is 18.4 Å². The van der Waals surface area contributed by atoms with Gasteiger partial charge in [-0.3, -0.25) is 0 Å². The van der Waals surface area contributed by atoms with Crippen molar-refractivity contribution < 1.29 is 9.90 Å². The predicted molar refractivity (Wildman–Crippen MR) is 71.3 cm³/mol. The lowest BCUT2D eigenvalue weighted by Gasteiger charge is -2.13. The lowest BCUT2D eigenvalue weighted by Crippen LogP contribution is -2.25. The Labute approximate surface area is 105 Å². The van der Waals surface area contributed by atoms with Crippen molar-refractivity contribution in [3.63, 3.8) is 0 Å². The molecule has 1 unspecified atom stereocenters. The van der Waals surface area contributed by atoms with E-state index in [0.717, 1.165) is 11.3 Å². The molecule has 0 aromatic heterocycles. The van der Waals surface area contributed by atoms with Gasteiger partial charge in [-0.15, -0.1) is 0 Å². The number of benzene rings is 1. The van der Waals surface area contributed by atoms with Crippen molar-refractivity contribution in [2.75, 3.05) is 11.9 Å². The number of amides is 1. The third kappa shape index (κ3) is 4.69. The van der Waals surface area contributed by atoms with E-state index in [2.05, 4.69) is 10.6 Å². The van der Waals surface area contributed by atoms with Crippen LogP contribution in [-0.4, -0.2) is 22.9 Å². The first-order valence-corrected chi connectivity index (χ1v) is 5.53. The molecule has 1 atom stereocenters. The van der Waals surface area contributed by atoms with Gasteiger partial charge in [-0.25, -0.2) is 4.79 Å². The summed E-state index contributed by atoms with van der Waals surface area (Å²) in [5.41, 5.74) is 7.20. The van der Waals surface area contributed by atoms with Crippen LogP contribution in [0.2, 0.25) is 0 Å². The third-order valence-corrected chi connectivity index (χ3v) is 2.38. The van der Waals surface area contributed by atoms with E-state index in [1.54, 1.807) is 0 Å². The standard InChI is InChI=1S/C11H15N3O2S/c1-7(6-13-11(15)16)8-3-2-4-9(5-8)14-10(12)17/h2-5,7,13H,6H2,1H3,(H,15,16)(H3,12,14,17). The van der Waals surface area contributed by atoms with Crippen LogP contribution >= 0.6 is 12.2 Å². The number of hydrogen-bond acceptors (Lipinski definition) is 2. The van der Waals surface area contributed by atoms with Gasteiger partial charge >= 0.3 is 6.09 Å². The molecule has 1 rings (SSSR count). The number of thiocarbonyl (C=S) groups is 1. The second-order valence-electron chi connectivity index (χ2n) is 3.70. The van der Waals surface area contributed by atoms with Gasteiger partial charge in [0.05, 0.1) is 0 Å². The van der Waals surface area contributed by atoms with E-state index in [-0.39, 0.29) is 11.0 Å². The summed E-state index contributed by atoms with van der Waals surface area (Å²) in [6.07, 6.45) is -1.02. The number of rotatable bonds is 4. The Kier molecular flexibility index (Phi) is 4.71. The number of nitrogens with two attached hydrogens (primary N) is 1. The molecule has 0 saturated carbocycles. The first-order valence-electron chi connectivity index (χ1n) is 5.12. The zero-order valence-electron chi connectivity index (χ0n) is 9.43. The molecule has 0 radical (unpaired) electrons. The summed E-state index contributed by atoms with van der Waals surface area (Å²) >= 11 is 4.75. The maximum atomic E-state index is 10.4. The highest BCUT2D eigenvalue weighted by Gasteiger charge is 2.07. The van der Waals surface area contributed by atoms with Crippen molar-refractivity contribution in [3.05, 3.63) is 29.8 Å². The topological polar surface area (TPSA) is 87.4 Å². The van der Waals surface area contributed by atoms with Crippen LogP contribution in [0, 0.1) is 0 Å². The number of carbonyl (C=O) groups is 1. The summed E-state index contributed by atoms with van der Waals surface area (Å²) < 4.78 is 0. The second kappa shape index (κ2) is 6.05. The minimum absolute atomic E-state index is 0.0826. The SMILES string of the molecule is CC(CNC(=O)O)c1cccc(NC(N)=S)c1. The first kappa shape index (κ1) is 13.2. The van der Waals surface area contributed by atoms with Crippen molar-refractivity contribution in [2.45, 2.75) is 12.8 Å². The molecule has 17 heavy (non-hydrogen) atoms. The average molecular weight is 253 g/mol. The molecule has 1 amide bonds. The highest BCUT2D eigenvalue weighted by molar-refractivity contribution is 7.80. The maximum absolute atomic E-state index is 10.4. The molecule has 5 N–H and O–H groups in total. The Morgan fingerprint density at radius 3 is 2.88 bits per heavy atom. The molecule has 92 valence electrons. The fraction of sp³-hybridized carbons (Fsp3) is 0.273. The van der Waals surface area contributed by atoms with Crippen LogP contribution in [0.25, 0.3) is 0 Å². The highest BCUT2D eigenvalue weighted by atomic mass is 32.1. The van der Waals surface area contributed by atoms with Gasteiger partial charge in [-0.2, -0.15) is 0 Å². The molecular formula is C11H15N3O2S. The number of nitrogens with one attached hydrogen (secondary N) is 2. The lowest BCUT2D eigenvalue weighted by atomic mass is 10.0. The Morgan fingerprint density at radius 2 is 2.29 bits per heavy atom. The smallest absolute Gasteiger partial charge is 0.404 e. The van der Waals surface area contributed by atoms with Gasteiger partial charge in [0, 0.05) is 12.2 Å². The molecule has 0 aliphatic rings. The average Bonchev–Trinajstić information content (AvgIpc) is 2.25. The quantitative estimate of drug-likeness (QED) is 0.614. The van der Waals surface area contributed by atoms with E-state index in [1.807, 2.05) is 31.2 Å². The van der Waals surface area contributed by atoms with E-state index in [0.29, 0.717) is 6.54 Å². The molecule has 6 heteroatoms. The summed E-state index contributed by atoms with van der Waals surface area (Å²) in [4.78, 5) is 10.4. The van der Waals surface area contributed by atoms with Gasteiger partial charge in [-0.1, -0.05) is 19.1 Å². The minimum atomic E-state index is -1.02. The maximum Gasteiger partial charge on any atom is 0.404 e. The molecule has 0 fully saturated rings. The van der Waals surface area contributed by atoms with Crippen LogP contribution in [-0.2, 0) is 0 Å². The summed E-state index contributed by atoms with van der Waals surface area (Å²) in [6, 6.07) is 7.54. The van der Waals surface area contributed by atoms with E-state index in [4.69, 9.17) is 23.1 Å². The van der Waals surface area contributed by atoms with Crippen molar-refractivity contribution in [1.29, 1.82) is 0 Å². The van der Waals surface area contributed by atoms with Crippen LogP contribution < -0.4 is 16.4 Å². The number of carboxylic acid groups (broad SMARTS) is 1. The summed E-state index contributed by atoms with van der Waals surface area (Å²) in [7, 11) is 0. The first-order chi connectivity index (χ1) is 7.99. The molecule has 1 aromatic rings. The second-order valence-corrected chi connectivity index (χ2v) is 4.14. The number of anilines is 1. The molecule has 0 heterocycles. The van der Waals surface area contributed by atoms with E-state index >= 15 is 0 Å². The lowest BCUT2D eigenvalue weighted by molar-refractivity contribution is 0.194. The molecule has 0 spiro atoms. The normalized spacial score (nSPS) is 11.6. The Balaban J connectivity index is 2.69. The van der Waals surface area contributed by atoms with Crippen LogP contribution in [0.15, 0.2) is 24.3 Å². The van der Waals surface area contributed by atoms with Crippen molar-refractivity contribution >= 4 is 29.1 Å². The number of hydrogen-bond donors (Lipinski definition) is 4. The van der Waals surface area contributed by atoms with Gasteiger partial charge in [0.25, 0.3) is 0 Å². The van der Waals surface area contributed by atoms with Gasteiger partial charge in [-0.05, 0) is 35.8 Å². The van der Waals surface area contributed by atoms with Crippen molar-refractivity contribution in [1.82, 2.24) is 5.32 Å². The van der Waals surface area contributed by atoms with Crippen molar-refractivity contribution in [3.8, 4) is 0 Å². The predicted octanol–water partition coefficient (Wildman–Crippen LogP) is 1.71. The van der Waals surface area contributed by atoms with E-state index in [1.165, 1.54) is 0 Å². The Morgan fingerprint density at radius 1 is 1.59 bits per heavy atom. The van der Waals surface area contributed by atoms with Gasteiger partial charge < -0.3 is 21.5 Å². The summed E-state index contributed by atoms with van der Waals surface area (Å²) in [6.45, 7) is 2.31. The molecule has 1 aromatic carbocycles. The largest absolute Gasteiger partial charge is 0.465 e. The van der Waals surface area contributed by atoms with Gasteiger partial charge in [0.2, 0.25) is 0 Å². The third-order valence-electron chi connectivity index (χ3n) is 2.28. The zero-order chi connectivity index (χ0) is 12.8. The van der Waals surface area contributed by atoms with E-state index < -0.39 is 6.09 Å². The highest BCUT2D eigenvalue weighted by Crippen LogP contribution is 2.18. The van der Waals surface area contributed by atoms with E-state index in [9.17, 15) is 4.79 Å². The molecular weight excluding hydrogens is 238 g/mol. The monoisotopic (exact) mass is 253 g/mol. The summed E-state index contributed by atoms with van der Waals surface area (Å²) in [5, 5.41) is 13.9. The zero-order valence-corrected chi connectivity index (χ0v) is 10.3. The van der Waals surface area contributed by atoms with Crippen LogP contribution in [0.3, 0.4) is 0 Å². The van der Waals surface area contributed by atoms with Gasteiger partial charge in [0.15, 0.2) is 5.11 Å². The minimum Gasteiger partial charge on any atom is -0.465 e. The molecule has 5 nitrogen and oxygen atoms in total. The molecule has 0 saturated heterocycles. The fourth-order valence-corrected chi connectivity index (χ4v) is 1.54. The molecule has 0 aliphatic carbocycles. The van der Waals surface area contributed by atoms with Gasteiger partial charge in [0.1, 0.15) is 0 Å². The molecule has 0 aliphatic heterocycles. The summed E-state index contributed by atoms with van der Waals surface area (Å²) in [5.74, 6) is 0.0826.